The number of hydrogen-bond acceptors (Lipinski definition) is 6. The van der Waals surface area contributed by atoms with Gasteiger partial charge in [-0.2, -0.15) is 0 Å². The van der Waals surface area contributed by atoms with Crippen LogP contribution in [0.5, 0.6) is 5.75 Å². The number of amides is 1. The Hall–Kier alpha value is -4.01. The zero-order valence-corrected chi connectivity index (χ0v) is 17.3. The third-order valence-corrected chi connectivity index (χ3v) is 6.00. The summed E-state index contributed by atoms with van der Waals surface area (Å²) in [5.74, 6) is 0.647. The number of nitrogens with zero attached hydrogens (tertiary/aromatic N) is 4. The number of pyridine rings is 1. The number of benzene rings is 1. The van der Waals surface area contributed by atoms with E-state index in [1.54, 1.807) is 29.2 Å². The van der Waals surface area contributed by atoms with Gasteiger partial charge in [-0.15, -0.1) is 0 Å². The lowest BCUT2D eigenvalue weighted by atomic mass is 9.99. The highest BCUT2D eigenvalue weighted by Crippen LogP contribution is 2.33. The maximum atomic E-state index is 14.5. The van der Waals surface area contributed by atoms with E-state index in [1.807, 2.05) is 13.0 Å². The average molecular weight is 430 g/mol. The van der Waals surface area contributed by atoms with E-state index in [-0.39, 0.29) is 18.3 Å². The Morgan fingerprint density at radius 1 is 1.22 bits per heavy atom. The summed E-state index contributed by atoms with van der Waals surface area (Å²) >= 11 is 0. The third-order valence-electron chi connectivity index (χ3n) is 6.00. The molecule has 0 unspecified atom stereocenters. The minimum atomic E-state index is -0.287. The Labute approximate surface area is 182 Å². The zero-order chi connectivity index (χ0) is 21.8. The summed E-state index contributed by atoms with van der Waals surface area (Å²) in [7, 11) is 0. The van der Waals surface area contributed by atoms with E-state index in [1.165, 1.54) is 6.07 Å². The van der Waals surface area contributed by atoms with Crippen molar-refractivity contribution in [2.75, 3.05) is 11.9 Å². The molecule has 8 nitrogen and oxygen atoms in total. The standard InChI is InChI=1S/C23H19FN6O2/c1-12-6-13-7-26-22(31)20-21-17(15(13)8-25-12)10-28-23(30(21)11-29-20)27-9-16-14-4-5-32-19(14)3-2-18(16)24/h2-3,6,8,10-11H,4-5,7,9H2,1H3,(H,26,31)(H,27,28). The average Bonchev–Trinajstić information content (AvgIpc) is 3.44. The summed E-state index contributed by atoms with van der Waals surface area (Å²) < 4.78 is 21.8. The van der Waals surface area contributed by atoms with Crippen LogP contribution in [0.4, 0.5) is 10.3 Å². The number of anilines is 1. The lowest BCUT2D eigenvalue weighted by Crippen LogP contribution is -2.25. The quantitative estimate of drug-likeness (QED) is 0.519. The van der Waals surface area contributed by atoms with Crippen LogP contribution in [-0.4, -0.2) is 31.9 Å². The molecule has 0 bridgehead atoms. The molecule has 32 heavy (non-hydrogen) atoms. The van der Waals surface area contributed by atoms with Gasteiger partial charge in [0.2, 0.25) is 5.95 Å². The molecule has 0 spiro atoms. The second kappa shape index (κ2) is 7.01. The fourth-order valence-corrected chi connectivity index (χ4v) is 4.45. The van der Waals surface area contributed by atoms with E-state index >= 15 is 0 Å². The summed E-state index contributed by atoms with van der Waals surface area (Å²) in [4.78, 5) is 26.1. The van der Waals surface area contributed by atoms with Crippen molar-refractivity contribution in [2.24, 2.45) is 0 Å². The molecule has 2 N–H and O–H groups in total. The largest absolute Gasteiger partial charge is 0.493 e. The van der Waals surface area contributed by atoms with Gasteiger partial charge >= 0.3 is 0 Å². The SMILES string of the molecule is Cc1cc2c(cn1)-c1cnc(NCc3c(F)ccc4c3CCO4)n3cnc(c13)C(=O)NC2. The van der Waals surface area contributed by atoms with Gasteiger partial charge in [-0.3, -0.25) is 14.2 Å². The second-order valence-corrected chi connectivity index (χ2v) is 7.93. The van der Waals surface area contributed by atoms with Crippen molar-refractivity contribution in [1.82, 2.24) is 24.7 Å². The van der Waals surface area contributed by atoms with Crippen molar-refractivity contribution >= 4 is 17.4 Å². The van der Waals surface area contributed by atoms with E-state index in [2.05, 4.69) is 25.6 Å². The van der Waals surface area contributed by atoms with Crippen molar-refractivity contribution in [3.05, 3.63) is 70.8 Å². The molecule has 9 heteroatoms. The Bertz CT molecular complexity index is 1410. The Kier molecular flexibility index (Phi) is 4.11. The molecule has 0 saturated heterocycles. The van der Waals surface area contributed by atoms with Crippen molar-refractivity contribution in [3.8, 4) is 16.9 Å². The number of nitrogens with one attached hydrogen (secondary N) is 2. The molecular formula is C23H19FN6O2. The molecule has 0 saturated carbocycles. The first kappa shape index (κ1) is 18.7. The smallest absolute Gasteiger partial charge is 0.272 e. The molecule has 2 aliphatic heterocycles. The molecule has 4 aromatic rings. The number of aromatic nitrogens is 4. The first-order valence-corrected chi connectivity index (χ1v) is 10.4. The van der Waals surface area contributed by atoms with Crippen molar-refractivity contribution in [1.29, 1.82) is 0 Å². The predicted octanol–water partition coefficient (Wildman–Crippen LogP) is 3.03. The van der Waals surface area contributed by atoms with Gasteiger partial charge < -0.3 is 15.4 Å². The molecule has 3 aromatic heterocycles. The van der Waals surface area contributed by atoms with E-state index in [9.17, 15) is 9.18 Å². The number of rotatable bonds is 3. The van der Waals surface area contributed by atoms with E-state index < -0.39 is 0 Å². The van der Waals surface area contributed by atoms with Gasteiger partial charge in [0.05, 0.1) is 12.1 Å². The third kappa shape index (κ3) is 2.81. The number of halogens is 1. The first-order chi connectivity index (χ1) is 15.6. The molecule has 0 radical (unpaired) electrons. The van der Waals surface area contributed by atoms with Crippen LogP contribution in [0.15, 0.2) is 36.9 Å². The minimum Gasteiger partial charge on any atom is -0.493 e. The van der Waals surface area contributed by atoms with Crippen LogP contribution < -0.4 is 15.4 Å². The highest BCUT2D eigenvalue weighted by atomic mass is 19.1. The Balaban J connectivity index is 1.45. The van der Waals surface area contributed by atoms with Crippen molar-refractivity contribution in [3.63, 3.8) is 0 Å². The maximum Gasteiger partial charge on any atom is 0.272 e. The minimum absolute atomic E-state index is 0.233. The van der Waals surface area contributed by atoms with Crippen molar-refractivity contribution < 1.29 is 13.9 Å². The molecule has 5 heterocycles. The summed E-state index contributed by atoms with van der Waals surface area (Å²) in [6.45, 7) is 3.08. The Morgan fingerprint density at radius 3 is 3.00 bits per heavy atom. The highest BCUT2D eigenvalue weighted by Gasteiger charge is 2.25. The number of aryl methyl sites for hydroxylation is 1. The summed E-state index contributed by atoms with van der Waals surface area (Å²) in [5.41, 5.74) is 5.89. The molecule has 2 aliphatic rings. The normalized spacial score (nSPS) is 14.2. The van der Waals surface area contributed by atoms with Gasteiger partial charge in [-0.25, -0.2) is 14.4 Å². The van der Waals surface area contributed by atoms with E-state index in [4.69, 9.17) is 4.74 Å². The van der Waals surface area contributed by atoms with Crippen LogP contribution in [0.2, 0.25) is 0 Å². The molecule has 160 valence electrons. The first-order valence-electron chi connectivity index (χ1n) is 10.4. The van der Waals surface area contributed by atoms with Crippen LogP contribution in [0.25, 0.3) is 16.6 Å². The summed E-state index contributed by atoms with van der Waals surface area (Å²) in [6, 6.07) is 5.05. The van der Waals surface area contributed by atoms with Gasteiger partial charge in [0.25, 0.3) is 5.91 Å². The van der Waals surface area contributed by atoms with Crippen molar-refractivity contribution in [2.45, 2.75) is 26.4 Å². The number of carbonyl (C=O) groups is 1. The molecule has 1 aromatic carbocycles. The van der Waals surface area contributed by atoms with Crippen LogP contribution in [0.1, 0.15) is 32.9 Å². The Morgan fingerprint density at radius 2 is 2.09 bits per heavy atom. The highest BCUT2D eigenvalue weighted by molar-refractivity contribution is 6.04. The summed E-state index contributed by atoms with van der Waals surface area (Å²) in [6.07, 6.45) is 5.74. The fourth-order valence-electron chi connectivity index (χ4n) is 4.45. The monoisotopic (exact) mass is 430 g/mol. The van der Waals surface area contributed by atoms with E-state index in [0.29, 0.717) is 42.3 Å². The molecule has 0 aliphatic carbocycles. The predicted molar refractivity (Wildman–Crippen MR) is 115 cm³/mol. The number of carbonyl (C=O) groups excluding carboxylic acids is 1. The lowest BCUT2D eigenvalue weighted by Gasteiger charge is -2.17. The van der Waals surface area contributed by atoms with E-state index in [0.717, 1.165) is 33.7 Å². The molecule has 0 fully saturated rings. The van der Waals surface area contributed by atoms with Crippen LogP contribution in [-0.2, 0) is 19.5 Å². The second-order valence-electron chi connectivity index (χ2n) is 7.93. The van der Waals surface area contributed by atoms with Crippen LogP contribution in [0, 0.1) is 12.7 Å². The van der Waals surface area contributed by atoms with Crippen LogP contribution >= 0.6 is 0 Å². The lowest BCUT2D eigenvalue weighted by molar-refractivity contribution is 0.0948. The molecule has 0 atom stereocenters. The topological polar surface area (TPSA) is 93.4 Å². The van der Waals surface area contributed by atoms with Gasteiger partial charge in [0.1, 0.15) is 17.9 Å². The van der Waals surface area contributed by atoms with Gasteiger partial charge in [-0.05, 0) is 30.7 Å². The molecule has 6 rings (SSSR count). The summed E-state index contributed by atoms with van der Waals surface area (Å²) in [5, 5.41) is 6.14. The molecular weight excluding hydrogens is 411 g/mol. The van der Waals surface area contributed by atoms with Gasteiger partial charge in [-0.1, -0.05) is 0 Å². The molecule has 1 amide bonds. The van der Waals surface area contributed by atoms with Gasteiger partial charge in [0.15, 0.2) is 5.69 Å². The van der Waals surface area contributed by atoms with Gasteiger partial charge in [0, 0.05) is 59.9 Å². The number of imidazole rings is 1. The zero-order valence-electron chi connectivity index (χ0n) is 17.3. The number of hydrogen-bond donors (Lipinski definition) is 2. The van der Waals surface area contributed by atoms with Crippen LogP contribution in [0.3, 0.4) is 0 Å². The fraction of sp³-hybridized carbons (Fsp3) is 0.217. The maximum absolute atomic E-state index is 14.5. The number of fused-ring (bicyclic) bond motifs is 3. The number of ether oxygens (including phenoxy) is 1.